The Balaban J connectivity index is 2.00. The standard InChI is InChI=1S/C19H22O3/c1-2-3-7-15-10-12-16(13-11-15)14-18(19(20)21)22-17-8-5-4-6-9-17/h4-6,8-13,18H,2-3,7,14H2,1H3,(H,20,21)/t18-/m0/s1. The van der Waals surface area contributed by atoms with E-state index in [-0.39, 0.29) is 0 Å². The zero-order valence-corrected chi connectivity index (χ0v) is 12.9. The van der Waals surface area contributed by atoms with Gasteiger partial charge in [0.1, 0.15) is 5.75 Å². The third kappa shape index (κ3) is 4.92. The smallest absolute Gasteiger partial charge is 0.345 e. The molecule has 1 atom stereocenters. The summed E-state index contributed by atoms with van der Waals surface area (Å²) in [5.74, 6) is -0.367. The van der Waals surface area contributed by atoms with Crippen molar-refractivity contribution < 1.29 is 14.6 Å². The summed E-state index contributed by atoms with van der Waals surface area (Å²) < 4.78 is 5.58. The van der Waals surface area contributed by atoms with Gasteiger partial charge in [-0.05, 0) is 36.1 Å². The summed E-state index contributed by atoms with van der Waals surface area (Å²) in [5.41, 5.74) is 2.27. The fourth-order valence-electron chi connectivity index (χ4n) is 2.28. The highest BCUT2D eigenvalue weighted by Gasteiger charge is 2.19. The minimum atomic E-state index is -0.945. The zero-order chi connectivity index (χ0) is 15.8. The molecule has 0 bridgehead atoms. The lowest BCUT2D eigenvalue weighted by atomic mass is 10.0. The van der Waals surface area contributed by atoms with Crippen LogP contribution in [0.4, 0.5) is 0 Å². The Morgan fingerprint density at radius 1 is 1.05 bits per heavy atom. The van der Waals surface area contributed by atoms with Gasteiger partial charge in [0, 0.05) is 6.42 Å². The number of aliphatic carboxylic acids is 1. The SMILES string of the molecule is CCCCc1ccc(C[C@H](Oc2ccccc2)C(=O)O)cc1. The lowest BCUT2D eigenvalue weighted by molar-refractivity contribution is -0.145. The summed E-state index contributed by atoms with van der Waals surface area (Å²) in [4.78, 5) is 11.4. The van der Waals surface area contributed by atoms with Crippen LogP contribution in [0, 0.1) is 0 Å². The second kappa shape index (κ2) is 8.23. The van der Waals surface area contributed by atoms with Gasteiger partial charge in [-0.3, -0.25) is 0 Å². The van der Waals surface area contributed by atoms with Crippen molar-refractivity contribution in [2.24, 2.45) is 0 Å². The van der Waals surface area contributed by atoms with Crippen LogP contribution in [0.1, 0.15) is 30.9 Å². The Hall–Kier alpha value is -2.29. The van der Waals surface area contributed by atoms with Crippen molar-refractivity contribution in [3.05, 3.63) is 65.7 Å². The average Bonchev–Trinajstić information content (AvgIpc) is 2.54. The van der Waals surface area contributed by atoms with Gasteiger partial charge in [0.05, 0.1) is 0 Å². The summed E-state index contributed by atoms with van der Waals surface area (Å²) >= 11 is 0. The molecule has 0 radical (unpaired) electrons. The Bertz CT molecular complexity index is 575. The minimum absolute atomic E-state index is 0.359. The summed E-state index contributed by atoms with van der Waals surface area (Å²) in [7, 11) is 0. The second-order valence-electron chi connectivity index (χ2n) is 5.38. The van der Waals surface area contributed by atoms with Crippen LogP contribution in [0.25, 0.3) is 0 Å². The second-order valence-corrected chi connectivity index (χ2v) is 5.38. The first-order valence-corrected chi connectivity index (χ1v) is 7.71. The van der Waals surface area contributed by atoms with Crippen molar-refractivity contribution in [2.45, 2.75) is 38.7 Å². The highest BCUT2D eigenvalue weighted by Crippen LogP contribution is 2.15. The third-order valence-corrected chi connectivity index (χ3v) is 3.56. The first kappa shape index (κ1) is 16.1. The number of rotatable bonds is 8. The third-order valence-electron chi connectivity index (χ3n) is 3.56. The largest absolute Gasteiger partial charge is 0.478 e. The molecule has 0 amide bonds. The molecule has 0 saturated heterocycles. The van der Waals surface area contributed by atoms with E-state index in [2.05, 4.69) is 19.1 Å². The van der Waals surface area contributed by atoms with Gasteiger partial charge >= 0.3 is 5.97 Å². The van der Waals surface area contributed by atoms with Gasteiger partial charge in [-0.25, -0.2) is 4.79 Å². The number of ether oxygens (including phenoxy) is 1. The predicted octanol–water partition coefficient (Wildman–Crippen LogP) is 4.10. The maximum Gasteiger partial charge on any atom is 0.345 e. The first-order valence-electron chi connectivity index (χ1n) is 7.71. The van der Waals surface area contributed by atoms with Gasteiger partial charge in [0.2, 0.25) is 0 Å². The van der Waals surface area contributed by atoms with Gasteiger partial charge in [-0.2, -0.15) is 0 Å². The Labute approximate surface area is 131 Å². The van der Waals surface area contributed by atoms with Crippen molar-refractivity contribution in [1.82, 2.24) is 0 Å². The lowest BCUT2D eigenvalue weighted by Gasteiger charge is -2.15. The topological polar surface area (TPSA) is 46.5 Å². The molecule has 0 aromatic heterocycles. The molecule has 3 nitrogen and oxygen atoms in total. The van der Waals surface area contributed by atoms with Gasteiger partial charge in [0.15, 0.2) is 6.10 Å². The van der Waals surface area contributed by atoms with E-state index < -0.39 is 12.1 Å². The maximum absolute atomic E-state index is 11.4. The molecule has 0 fully saturated rings. The summed E-state index contributed by atoms with van der Waals surface area (Å²) in [6, 6.07) is 17.2. The molecule has 2 aromatic rings. The van der Waals surface area contributed by atoms with Gasteiger partial charge in [0.25, 0.3) is 0 Å². The monoisotopic (exact) mass is 298 g/mol. The first-order chi connectivity index (χ1) is 10.7. The summed E-state index contributed by atoms with van der Waals surface area (Å²) in [6.07, 6.45) is 2.91. The van der Waals surface area contributed by atoms with Gasteiger partial charge in [-0.1, -0.05) is 55.8 Å². The number of carboxylic acids is 1. The molecule has 1 N–H and O–H groups in total. The molecule has 116 valence electrons. The van der Waals surface area contributed by atoms with Crippen LogP contribution in [-0.4, -0.2) is 17.2 Å². The number of hydrogen-bond acceptors (Lipinski definition) is 2. The molecule has 0 aliphatic carbocycles. The van der Waals surface area contributed by atoms with Crippen LogP contribution >= 0.6 is 0 Å². The van der Waals surface area contributed by atoms with Crippen molar-refractivity contribution in [3.8, 4) is 5.75 Å². The number of carbonyl (C=O) groups is 1. The molecule has 0 saturated carbocycles. The van der Waals surface area contributed by atoms with E-state index in [1.54, 1.807) is 12.1 Å². The van der Waals surface area contributed by atoms with E-state index in [0.717, 1.165) is 12.0 Å². The molecule has 0 unspecified atom stereocenters. The van der Waals surface area contributed by atoms with Crippen LogP contribution < -0.4 is 4.74 Å². The number of aryl methyl sites for hydroxylation is 1. The van der Waals surface area contributed by atoms with Crippen LogP contribution in [0.3, 0.4) is 0 Å². The van der Waals surface area contributed by atoms with E-state index in [4.69, 9.17) is 4.74 Å². The summed E-state index contributed by atoms with van der Waals surface area (Å²) in [5, 5.41) is 9.34. The van der Waals surface area contributed by atoms with E-state index in [1.807, 2.05) is 30.3 Å². The van der Waals surface area contributed by atoms with Crippen molar-refractivity contribution >= 4 is 5.97 Å². The van der Waals surface area contributed by atoms with E-state index >= 15 is 0 Å². The maximum atomic E-state index is 11.4. The van der Waals surface area contributed by atoms with Crippen molar-refractivity contribution in [3.63, 3.8) is 0 Å². The van der Waals surface area contributed by atoms with Crippen molar-refractivity contribution in [1.29, 1.82) is 0 Å². The number of benzene rings is 2. The normalized spacial score (nSPS) is 11.9. The minimum Gasteiger partial charge on any atom is -0.478 e. The van der Waals surface area contributed by atoms with E-state index in [1.165, 1.54) is 18.4 Å². The van der Waals surface area contributed by atoms with Crippen LogP contribution in [0.5, 0.6) is 5.75 Å². The predicted molar refractivity (Wildman–Crippen MR) is 87.3 cm³/mol. The molecule has 0 aliphatic heterocycles. The fourth-order valence-corrected chi connectivity index (χ4v) is 2.28. The van der Waals surface area contributed by atoms with Crippen LogP contribution in [-0.2, 0) is 17.6 Å². The molecule has 3 heteroatoms. The number of carboxylic acid groups (broad SMARTS) is 1. The number of unbranched alkanes of at least 4 members (excludes halogenated alkanes) is 1. The number of para-hydroxylation sites is 1. The molecule has 0 spiro atoms. The molecule has 2 aromatic carbocycles. The molecular formula is C19H22O3. The highest BCUT2D eigenvalue weighted by atomic mass is 16.5. The Morgan fingerprint density at radius 3 is 2.27 bits per heavy atom. The van der Waals surface area contributed by atoms with Crippen LogP contribution in [0.2, 0.25) is 0 Å². The van der Waals surface area contributed by atoms with Gasteiger partial charge < -0.3 is 9.84 Å². The Morgan fingerprint density at radius 2 is 1.68 bits per heavy atom. The average molecular weight is 298 g/mol. The quantitative estimate of drug-likeness (QED) is 0.798. The molecule has 22 heavy (non-hydrogen) atoms. The zero-order valence-electron chi connectivity index (χ0n) is 12.9. The highest BCUT2D eigenvalue weighted by molar-refractivity contribution is 5.73. The fraction of sp³-hybridized carbons (Fsp3) is 0.316. The lowest BCUT2D eigenvalue weighted by Crippen LogP contribution is -2.29. The van der Waals surface area contributed by atoms with E-state index in [9.17, 15) is 9.90 Å². The molecule has 0 heterocycles. The van der Waals surface area contributed by atoms with Crippen LogP contribution in [0.15, 0.2) is 54.6 Å². The number of hydrogen-bond donors (Lipinski definition) is 1. The van der Waals surface area contributed by atoms with Crippen molar-refractivity contribution in [2.75, 3.05) is 0 Å². The summed E-state index contributed by atoms with van der Waals surface area (Å²) in [6.45, 7) is 2.17. The van der Waals surface area contributed by atoms with E-state index in [0.29, 0.717) is 12.2 Å². The van der Waals surface area contributed by atoms with Gasteiger partial charge in [-0.15, -0.1) is 0 Å². The molecule has 2 rings (SSSR count). The molecule has 0 aliphatic rings. The Kier molecular flexibility index (Phi) is 6.01. The molecular weight excluding hydrogens is 276 g/mol.